The number of piperidine rings is 1. The van der Waals surface area contributed by atoms with Crippen LogP contribution in [0.15, 0.2) is 70.8 Å². The number of carbonyl (C=O) groups excluding carboxylic acids is 1. The van der Waals surface area contributed by atoms with Gasteiger partial charge in [-0.05, 0) is 43.0 Å². The van der Waals surface area contributed by atoms with Crippen LogP contribution in [0.2, 0.25) is 0 Å². The van der Waals surface area contributed by atoms with E-state index in [1.54, 1.807) is 0 Å². The van der Waals surface area contributed by atoms with Gasteiger partial charge in [0.15, 0.2) is 0 Å². The topological polar surface area (TPSA) is 82.1 Å². The van der Waals surface area contributed by atoms with Gasteiger partial charge in [0.1, 0.15) is 5.82 Å². The summed E-state index contributed by atoms with van der Waals surface area (Å²) in [6, 6.07) is 15.8. The molecule has 0 atom stereocenters. The molecule has 0 saturated carbocycles. The fourth-order valence-corrected chi connectivity index (χ4v) is 5.14. The van der Waals surface area contributed by atoms with Crippen LogP contribution in [0.3, 0.4) is 0 Å². The molecule has 174 valence electrons. The monoisotopic (exact) mass is 470 g/mol. The van der Waals surface area contributed by atoms with Crippen molar-refractivity contribution in [1.82, 2.24) is 14.5 Å². The van der Waals surface area contributed by atoms with Gasteiger partial charge in [-0.15, -0.1) is 4.40 Å². The van der Waals surface area contributed by atoms with E-state index in [2.05, 4.69) is 26.7 Å². The molecule has 1 N–H and O–H groups in total. The molecule has 1 fully saturated rings. The van der Waals surface area contributed by atoms with Crippen LogP contribution in [0.25, 0.3) is 0 Å². The zero-order chi connectivity index (χ0) is 23.4. The predicted octanol–water partition coefficient (Wildman–Crippen LogP) is 3.01. The Morgan fingerprint density at radius 3 is 2.33 bits per heavy atom. The maximum absolute atomic E-state index is 13.2. The van der Waals surface area contributed by atoms with Gasteiger partial charge in [0.05, 0.1) is 17.8 Å². The molecule has 4 rings (SSSR count). The maximum atomic E-state index is 13.2. The van der Waals surface area contributed by atoms with E-state index < -0.39 is 16.0 Å². The fourth-order valence-electron chi connectivity index (χ4n) is 4.04. The minimum Gasteiger partial charge on any atom is -0.349 e. The normalized spacial score (nSPS) is 19.0. The Hall–Kier alpha value is -3.04. The summed E-state index contributed by atoms with van der Waals surface area (Å²) in [5.74, 6) is -0.740. The summed E-state index contributed by atoms with van der Waals surface area (Å²) in [6.45, 7) is 4.11. The number of carbonyl (C=O) groups is 1. The van der Waals surface area contributed by atoms with Crippen molar-refractivity contribution < 1.29 is 17.6 Å². The second kappa shape index (κ2) is 9.84. The van der Waals surface area contributed by atoms with Crippen molar-refractivity contribution in [3.05, 3.63) is 83.3 Å². The van der Waals surface area contributed by atoms with E-state index in [0.717, 1.165) is 36.8 Å². The molecule has 2 aromatic carbocycles. The number of benzene rings is 2. The van der Waals surface area contributed by atoms with Gasteiger partial charge in [0.25, 0.3) is 5.91 Å². The number of hydrogen-bond acceptors (Lipinski definition) is 4. The second-order valence-electron chi connectivity index (χ2n) is 8.38. The van der Waals surface area contributed by atoms with Gasteiger partial charge in [0.2, 0.25) is 0 Å². The van der Waals surface area contributed by atoms with Gasteiger partial charge in [-0.3, -0.25) is 14.0 Å². The average Bonchev–Trinajstić information content (AvgIpc) is 2.78. The van der Waals surface area contributed by atoms with E-state index in [9.17, 15) is 17.6 Å². The van der Waals surface area contributed by atoms with E-state index in [1.165, 1.54) is 43.0 Å². The predicted molar refractivity (Wildman–Crippen MR) is 125 cm³/mol. The van der Waals surface area contributed by atoms with Gasteiger partial charge >= 0.3 is 10.2 Å². The lowest BCUT2D eigenvalue weighted by Crippen LogP contribution is -2.46. The third kappa shape index (κ3) is 5.85. The molecule has 2 heterocycles. The Balaban J connectivity index is 1.38. The highest BCUT2D eigenvalue weighted by Crippen LogP contribution is 2.21. The van der Waals surface area contributed by atoms with Gasteiger partial charge in [-0.25, -0.2) is 4.39 Å². The number of halogens is 1. The molecule has 0 radical (unpaired) electrons. The first-order valence-corrected chi connectivity index (χ1v) is 12.3. The van der Waals surface area contributed by atoms with E-state index in [0.29, 0.717) is 5.56 Å². The minimum absolute atomic E-state index is 0.0160. The van der Waals surface area contributed by atoms with Crippen LogP contribution in [0.5, 0.6) is 0 Å². The smallest absolute Gasteiger partial charge is 0.344 e. The fraction of sp³-hybridized carbons (Fsp3) is 0.333. The summed E-state index contributed by atoms with van der Waals surface area (Å²) in [7, 11) is -3.95. The average molecular weight is 471 g/mol. The molecular weight excluding hydrogens is 443 g/mol. The zero-order valence-electron chi connectivity index (χ0n) is 18.4. The molecule has 1 amide bonds. The third-order valence-corrected chi connectivity index (χ3v) is 7.21. The van der Waals surface area contributed by atoms with Crippen LogP contribution >= 0.6 is 0 Å². The highest BCUT2D eigenvalue weighted by Gasteiger charge is 2.30. The van der Waals surface area contributed by atoms with Gasteiger partial charge in [-0.1, -0.05) is 42.5 Å². The highest BCUT2D eigenvalue weighted by atomic mass is 32.2. The van der Waals surface area contributed by atoms with Crippen molar-refractivity contribution in [2.24, 2.45) is 4.40 Å². The molecule has 0 unspecified atom stereocenters. The van der Waals surface area contributed by atoms with Gasteiger partial charge in [-0.2, -0.15) is 8.42 Å². The molecule has 2 aromatic rings. The quantitative estimate of drug-likeness (QED) is 0.704. The molecule has 2 aliphatic heterocycles. The van der Waals surface area contributed by atoms with Gasteiger partial charge in [0, 0.05) is 31.9 Å². The highest BCUT2D eigenvalue weighted by molar-refractivity contribution is 7.88. The van der Waals surface area contributed by atoms with Crippen LogP contribution in [-0.2, 0) is 28.1 Å². The molecule has 0 spiro atoms. The Labute approximate surface area is 193 Å². The number of nitrogens with one attached hydrogen (secondary N) is 1. The minimum atomic E-state index is -3.95. The summed E-state index contributed by atoms with van der Waals surface area (Å²) in [6.07, 6.45) is 2.96. The second-order valence-corrected chi connectivity index (χ2v) is 9.93. The SMILES string of the molecule is CC1=NS(=O)(=O)N(Cc2ccc(F)cc2)C=C1C(=O)NC1CCN(Cc2ccccc2)CC1. The summed E-state index contributed by atoms with van der Waals surface area (Å²) in [5.41, 5.74) is 2.24. The first-order valence-electron chi connectivity index (χ1n) is 10.9. The van der Waals surface area contributed by atoms with E-state index in [1.807, 2.05) is 18.2 Å². The number of likely N-dealkylation sites (tertiary alicyclic amines) is 1. The van der Waals surface area contributed by atoms with Crippen molar-refractivity contribution in [2.45, 2.75) is 38.9 Å². The van der Waals surface area contributed by atoms with E-state index in [-0.39, 0.29) is 29.8 Å². The van der Waals surface area contributed by atoms with Crippen molar-refractivity contribution in [3.63, 3.8) is 0 Å². The van der Waals surface area contributed by atoms with Crippen LogP contribution in [0.4, 0.5) is 4.39 Å². The standard InChI is InChI=1S/C24H27FN4O3S/c1-18-23(17-29(33(31,32)27-18)16-20-7-9-21(25)10-8-20)24(30)26-22-11-13-28(14-12-22)15-19-5-3-2-4-6-19/h2-10,17,22H,11-16H2,1H3,(H,26,30). The number of hydrogen-bond donors (Lipinski definition) is 1. The molecule has 0 bridgehead atoms. The number of nitrogens with zero attached hydrogens (tertiary/aromatic N) is 3. The molecule has 0 aromatic heterocycles. The molecule has 1 saturated heterocycles. The van der Waals surface area contributed by atoms with Crippen molar-refractivity contribution in [3.8, 4) is 0 Å². The Bertz CT molecular complexity index is 1160. The summed E-state index contributed by atoms with van der Waals surface area (Å²) in [4.78, 5) is 15.3. The van der Waals surface area contributed by atoms with Crippen LogP contribution in [0.1, 0.15) is 30.9 Å². The molecule has 0 aliphatic carbocycles. The van der Waals surface area contributed by atoms with E-state index in [4.69, 9.17) is 0 Å². The Morgan fingerprint density at radius 2 is 1.67 bits per heavy atom. The first kappa shape index (κ1) is 23.1. The molecule has 9 heteroatoms. The molecule has 33 heavy (non-hydrogen) atoms. The van der Waals surface area contributed by atoms with Crippen LogP contribution in [-0.4, -0.2) is 48.4 Å². The maximum Gasteiger partial charge on any atom is 0.344 e. The number of rotatable bonds is 6. The molecule has 7 nitrogen and oxygen atoms in total. The zero-order valence-corrected chi connectivity index (χ0v) is 19.3. The summed E-state index contributed by atoms with van der Waals surface area (Å²) < 4.78 is 42.9. The lowest BCUT2D eigenvalue weighted by atomic mass is 10.0. The van der Waals surface area contributed by atoms with Crippen molar-refractivity contribution in [2.75, 3.05) is 13.1 Å². The van der Waals surface area contributed by atoms with E-state index >= 15 is 0 Å². The molecular formula is C24H27FN4O3S. The molecule has 2 aliphatic rings. The van der Waals surface area contributed by atoms with Crippen LogP contribution in [0, 0.1) is 5.82 Å². The third-order valence-electron chi connectivity index (χ3n) is 5.88. The van der Waals surface area contributed by atoms with Gasteiger partial charge < -0.3 is 5.32 Å². The number of amides is 1. The summed E-state index contributed by atoms with van der Waals surface area (Å²) in [5, 5.41) is 3.04. The Kier molecular flexibility index (Phi) is 6.90. The van der Waals surface area contributed by atoms with Crippen LogP contribution < -0.4 is 5.32 Å². The first-order chi connectivity index (χ1) is 15.8. The van der Waals surface area contributed by atoms with Crippen molar-refractivity contribution >= 4 is 21.8 Å². The largest absolute Gasteiger partial charge is 0.349 e. The van der Waals surface area contributed by atoms with Crippen molar-refractivity contribution in [1.29, 1.82) is 0 Å². The lowest BCUT2D eigenvalue weighted by Gasteiger charge is -2.33. The summed E-state index contributed by atoms with van der Waals surface area (Å²) >= 11 is 0. The Morgan fingerprint density at radius 1 is 1.03 bits per heavy atom. The lowest BCUT2D eigenvalue weighted by molar-refractivity contribution is -0.118.